The van der Waals surface area contributed by atoms with E-state index in [0.29, 0.717) is 6.04 Å². The third-order valence-corrected chi connectivity index (χ3v) is 6.87. The van der Waals surface area contributed by atoms with Crippen LogP contribution in [0.5, 0.6) is 0 Å². The summed E-state index contributed by atoms with van der Waals surface area (Å²) in [6, 6.07) is 7.98. The minimum Gasteiger partial charge on any atom is -0.368 e. The van der Waals surface area contributed by atoms with Crippen LogP contribution < -0.4 is 10.2 Å². The van der Waals surface area contributed by atoms with E-state index in [0.717, 1.165) is 58.2 Å². The van der Waals surface area contributed by atoms with Gasteiger partial charge < -0.3 is 20.0 Å². The van der Waals surface area contributed by atoms with Crippen molar-refractivity contribution in [1.82, 2.24) is 15.1 Å². The van der Waals surface area contributed by atoms with Gasteiger partial charge >= 0.3 is 6.03 Å². The fourth-order valence-electron chi connectivity index (χ4n) is 4.52. The summed E-state index contributed by atoms with van der Waals surface area (Å²) < 4.78 is 0. The molecular weight excluding hydrogens is 336 g/mol. The summed E-state index contributed by atoms with van der Waals surface area (Å²) >= 11 is 0. The number of piperazine rings is 1. The number of likely N-dealkylation sites (tertiary alicyclic amines) is 1. The highest BCUT2D eigenvalue weighted by Gasteiger charge is 2.30. The number of piperidine rings is 1. The monoisotopic (exact) mass is 370 g/mol. The summed E-state index contributed by atoms with van der Waals surface area (Å²) in [6.45, 7) is 10.1. The number of urea groups is 1. The van der Waals surface area contributed by atoms with Gasteiger partial charge in [0.25, 0.3) is 0 Å². The number of hydrogen-bond donors (Lipinski definition) is 1. The molecule has 1 saturated carbocycles. The predicted octanol–water partition coefficient (Wildman–Crippen LogP) is 3.15. The number of hydrogen-bond acceptors (Lipinski definition) is 3. The fourth-order valence-corrected chi connectivity index (χ4v) is 4.52. The van der Waals surface area contributed by atoms with Crippen LogP contribution in [0.2, 0.25) is 0 Å². The van der Waals surface area contributed by atoms with Gasteiger partial charge in [-0.2, -0.15) is 0 Å². The van der Waals surface area contributed by atoms with E-state index in [1.54, 1.807) is 0 Å². The maximum Gasteiger partial charge on any atom is 0.317 e. The van der Waals surface area contributed by atoms with Crippen molar-refractivity contribution in [3.8, 4) is 0 Å². The van der Waals surface area contributed by atoms with Crippen LogP contribution in [-0.4, -0.2) is 67.2 Å². The van der Waals surface area contributed by atoms with Gasteiger partial charge in [-0.05, 0) is 62.8 Å². The number of carbonyl (C=O) groups is 1. The van der Waals surface area contributed by atoms with E-state index in [2.05, 4.69) is 47.2 Å². The minimum atomic E-state index is 0.136. The summed E-state index contributed by atoms with van der Waals surface area (Å²) in [7, 11) is 0. The smallest absolute Gasteiger partial charge is 0.317 e. The van der Waals surface area contributed by atoms with Crippen LogP contribution in [0.1, 0.15) is 43.2 Å². The van der Waals surface area contributed by atoms with Gasteiger partial charge in [-0.1, -0.05) is 12.5 Å². The molecule has 2 saturated heterocycles. The van der Waals surface area contributed by atoms with Crippen molar-refractivity contribution in [1.29, 1.82) is 0 Å². The van der Waals surface area contributed by atoms with E-state index in [4.69, 9.17) is 0 Å². The molecule has 1 aromatic carbocycles. The molecule has 1 aromatic rings. The number of benzene rings is 1. The third kappa shape index (κ3) is 4.23. The standard InChI is InChI=1S/C22H34N4O/c1-17-6-7-21(16-18(17)2)25-12-14-26(15-13-25)22(27)23-19-8-10-24(11-9-19)20-4-3-5-20/h6-7,16,19-20H,3-5,8-15H2,1-2H3,(H,23,27). The SMILES string of the molecule is Cc1ccc(N2CCN(C(=O)NC3CCN(C4CCC4)CC3)CC2)cc1C. The Balaban J connectivity index is 1.22. The molecule has 27 heavy (non-hydrogen) atoms. The van der Waals surface area contributed by atoms with E-state index in [1.807, 2.05) is 4.90 Å². The predicted molar refractivity (Wildman–Crippen MR) is 110 cm³/mol. The first-order valence-electron chi connectivity index (χ1n) is 10.7. The van der Waals surface area contributed by atoms with Crippen molar-refractivity contribution < 1.29 is 4.79 Å². The van der Waals surface area contributed by atoms with Crippen LogP contribution in [-0.2, 0) is 0 Å². The number of amides is 2. The molecule has 5 nitrogen and oxygen atoms in total. The van der Waals surface area contributed by atoms with Gasteiger partial charge in [0.05, 0.1) is 0 Å². The first-order chi connectivity index (χ1) is 13.1. The van der Waals surface area contributed by atoms with Crippen molar-refractivity contribution in [2.75, 3.05) is 44.2 Å². The lowest BCUT2D eigenvalue weighted by molar-refractivity contribution is 0.0920. The van der Waals surface area contributed by atoms with Crippen LogP contribution in [0.25, 0.3) is 0 Å². The molecule has 148 valence electrons. The van der Waals surface area contributed by atoms with Gasteiger partial charge in [-0.3, -0.25) is 0 Å². The lowest BCUT2D eigenvalue weighted by Gasteiger charge is -2.42. The van der Waals surface area contributed by atoms with Crippen molar-refractivity contribution in [2.24, 2.45) is 0 Å². The largest absolute Gasteiger partial charge is 0.368 e. The van der Waals surface area contributed by atoms with Crippen LogP contribution in [0.4, 0.5) is 10.5 Å². The highest BCUT2D eigenvalue weighted by atomic mass is 16.2. The first kappa shape index (κ1) is 18.6. The molecule has 1 N–H and O–H groups in total. The number of anilines is 1. The number of rotatable bonds is 3. The summed E-state index contributed by atoms with van der Waals surface area (Å²) in [5.74, 6) is 0. The Labute approximate surface area is 163 Å². The lowest BCUT2D eigenvalue weighted by atomic mass is 9.89. The van der Waals surface area contributed by atoms with Gasteiger partial charge in [-0.15, -0.1) is 0 Å². The molecular formula is C22H34N4O. The number of carbonyl (C=O) groups excluding carboxylic acids is 1. The zero-order valence-corrected chi connectivity index (χ0v) is 16.9. The summed E-state index contributed by atoms with van der Waals surface area (Å²) in [5.41, 5.74) is 3.95. The Morgan fingerprint density at radius 2 is 1.63 bits per heavy atom. The summed E-state index contributed by atoms with van der Waals surface area (Å²) in [4.78, 5) is 19.7. The molecule has 2 amide bonds. The second-order valence-corrected chi connectivity index (χ2v) is 8.59. The van der Waals surface area contributed by atoms with Crippen LogP contribution in [0.15, 0.2) is 18.2 Å². The maximum atomic E-state index is 12.7. The molecule has 0 unspecified atom stereocenters. The molecule has 0 radical (unpaired) electrons. The summed E-state index contributed by atoms with van der Waals surface area (Å²) in [6.07, 6.45) is 6.36. The van der Waals surface area contributed by atoms with Gasteiger partial charge in [-0.25, -0.2) is 4.79 Å². The van der Waals surface area contributed by atoms with Crippen LogP contribution in [0.3, 0.4) is 0 Å². The second-order valence-electron chi connectivity index (χ2n) is 8.59. The Hall–Kier alpha value is -1.75. The number of nitrogens with zero attached hydrogens (tertiary/aromatic N) is 3. The van der Waals surface area contributed by atoms with Gasteiger partial charge in [0.2, 0.25) is 0 Å². The molecule has 0 atom stereocenters. The average molecular weight is 371 g/mol. The molecule has 0 bridgehead atoms. The van der Waals surface area contributed by atoms with E-state index in [9.17, 15) is 4.79 Å². The molecule has 5 heteroatoms. The van der Waals surface area contributed by atoms with E-state index < -0.39 is 0 Å². The zero-order valence-electron chi connectivity index (χ0n) is 16.9. The Morgan fingerprint density at radius 3 is 2.22 bits per heavy atom. The topological polar surface area (TPSA) is 38.8 Å². The molecule has 0 spiro atoms. The van der Waals surface area contributed by atoms with E-state index >= 15 is 0 Å². The van der Waals surface area contributed by atoms with Crippen molar-refractivity contribution in [3.05, 3.63) is 29.3 Å². The first-order valence-corrected chi connectivity index (χ1v) is 10.7. The Bertz CT molecular complexity index is 656. The maximum absolute atomic E-state index is 12.7. The third-order valence-electron chi connectivity index (χ3n) is 6.87. The highest BCUT2D eigenvalue weighted by Crippen LogP contribution is 2.27. The van der Waals surface area contributed by atoms with Gasteiger partial charge in [0.1, 0.15) is 0 Å². The molecule has 1 aliphatic carbocycles. The second kappa shape index (κ2) is 8.09. The normalized spacial score (nSPS) is 22.6. The lowest BCUT2D eigenvalue weighted by Crippen LogP contribution is -2.55. The number of aryl methyl sites for hydroxylation is 2. The quantitative estimate of drug-likeness (QED) is 0.888. The van der Waals surface area contributed by atoms with Crippen LogP contribution >= 0.6 is 0 Å². The Morgan fingerprint density at radius 1 is 0.926 bits per heavy atom. The molecule has 2 aliphatic heterocycles. The van der Waals surface area contributed by atoms with Crippen LogP contribution in [0, 0.1) is 13.8 Å². The fraction of sp³-hybridized carbons (Fsp3) is 0.682. The van der Waals surface area contributed by atoms with Crippen molar-refractivity contribution in [2.45, 2.75) is 58.0 Å². The molecule has 4 rings (SSSR count). The molecule has 3 fully saturated rings. The van der Waals surface area contributed by atoms with Gasteiger partial charge in [0.15, 0.2) is 0 Å². The van der Waals surface area contributed by atoms with Gasteiger partial charge in [0, 0.05) is 57.0 Å². The summed E-state index contributed by atoms with van der Waals surface area (Å²) in [5, 5.41) is 3.30. The van der Waals surface area contributed by atoms with Crippen molar-refractivity contribution in [3.63, 3.8) is 0 Å². The number of nitrogens with one attached hydrogen (secondary N) is 1. The van der Waals surface area contributed by atoms with Crippen molar-refractivity contribution >= 4 is 11.7 Å². The van der Waals surface area contributed by atoms with E-state index in [-0.39, 0.29) is 6.03 Å². The van der Waals surface area contributed by atoms with E-state index in [1.165, 1.54) is 36.1 Å². The molecule has 0 aromatic heterocycles. The zero-order chi connectivity index (χ0) is 18.8. The highest BCUT2D eigenvalue weighted by molar-refractivity contribution is 5.75. The Kier molecular flexibility index (Phi) is 5.58. The molecule has 3 aliphatic rings. The minimum absolute atomic E-state index is 0.136. The average Bonchev–Trinajstić information content (AvgIpc) is 2.64. The molecule has 2 heterocycles.